The van der Waals surface area contributed by atoms with E-state index in [0.717, 1.165) is 25.7 Å². The fraction of sp³-hybridized carbons (Fsp3) is 0.938. The fourth-order valence-electron chi connectivity index (χ4n) is 5.29. The van der Waals surface area contributed by atoms with Gasteiger partial charge in [0.25, 0.3) is 0 Å². The predicted molar refractivity (Wildman–Crippen MR) is 162 cm³/mol. The van der Waals surface area contributed by atoms with Gasteiger partial charge in [-0.1, -0.05) is 149 Å². The number of unbranched alkanes of at least 4 members (excludes halogenated alkanes) is 19. The molecule has 0 aliphatic rings. The van der Waals surface area contributed by atoms with Crippen molar-refractivity contribution in [1.29, 1.82) is 0 Å². The van der Waals surface area contributed by atoms with E-state index in [1.807, 2.05) is 0 Å². The molecule has 0 rings (SSSR count). The van der Waals surface area contributed by atoms with Crippen LogP contribution in [-0.4, -0.2) is 33.7 Å². The van der Waals surface area contributed by atoms with Gasteiger partial charge in [0.2, 0.25) is 0 Å². The lowest BCUT2D eigenvalue weighted by Gasteiger charge is -2.24. The van der Waals surface area contributed by atoms with Crippen molar-refractivity contribution in [3.05, 3.63) is 0 Å². The molecule has 0 spiro atoms. The Kier molecular flexibility index (Phi) is 27.8. The Balaban J connectivity index is 4.30. The van der Waals surface area contributed by atoms with Gasteiger partial charge in [-0.3, -0.25) is 9.59 Å². The molecular formula is C32H62O4S. The van der Waals surface area contributed by atoms with Crippen LogP contribution in [0.25, 0.3) is 0 Å². The molecule has 2 unspecified atom stereocenters. The van der Waals surface area contributed by atoms with Gasteiger partial charge in [-0.15, -0.1) is 0 Å². The standard InChI is InChI=1S/C32H62O4S/c1-3-5-7-9-11-13-15-17-19-21-23-25-29(30(32(35)36)28-37-27-26-31(33)34)24-22-20-18-16-14-12-10-8-6-4-2/h29-30H,3-28H2,1-2H3,(H,33,34)(H,35,36). The number of aliphatic carboxylic acids is 2. The van der Waals surface area contributed by atoms with Crippen LogP contribution in [-0.2, 0) is 9.59 Å². The number of carbonyl (C=O) groups is 2. The predicted octanol–water partition coefficient (Wildman–Crippen LogP) is 10.5. The zero-order valence-corrected chi connectivity index (χ0v) is 25.5. The number of hydrogen-bond donors (Lipinski definition) is 2. The van der Waals surface area contributed by atoms with E-state index in [1.165, 1.54) is 134 Å². The summed E-state index contributed by atoms with van der Waals surface area (Å²) in [6, 6.07) is 0. The maximum absolute atomic E-state index is 12.1. The Bertz CT molecular complexity index is 511. The minimum Gasteiger partial charge on any atom is -0.481 e. The van der Waals surface area contributed by atoms with Crippen molar-refractivity contribution in [2.75, 3.05) is 11.5 Å². The molecule has 2 N–H and O–H groups in total. The fourth-order valence-corrected chi connectivity index (χ4v) is 6.44. The first-order valence-electron chi connectivity index (χ1n) is 16.0. The van der Waals surface area contributed by atoms with Crippen molar-refractivity contribution < 1.29 is 19.8 Å². The summed E-state index contributed by atoms with van der Waals surface area (Å²) in [5.41, 5.74) is 0. The smallest absolute Gasteiger partial charge is 0.307 e. The van der Waals surface area contributed by atoms with Crippen molar-refractivity contribution in [1.82, 2.24) is 0 Å². The zero-order chi connectivity index (χ0) is 27.4. The average molecular weight is 543 g/mol. The Hall–Kier alpha value is -0.710. The van der Waals surface area contributed by atoms with Crippen LogP contribution in [0.4, 0.5) is 0 Å². The third-order valence-electron chi connectivity index (χ3n) is 7.75. The van der Waals surface area contributed by atoms with Crippen LogP contribution < -0.4 is 0 Å². The van der Waals surface area contributed by atoms with E-state index in [1.54, 1.807) is 0 Å². The molecule has 0 fully saturated rings. The van der Waals surface area contributed by atoms with Crippen molar-refractivity contribution in [2.24, 2.45) is 11.8 Å². The van der Waals surface area contributed by atoms with Crippen molar-refractivity contribution in [2.45, 2.75) is 168 Å². The lowest BCUT2D eigenvalue weighted by molar-refractivity contribution is -0.143. The quantitative estimate of drug-likeness (QED) is 0.0883. The largest absolute Gasteiger partial charge is 0.481 e. The number of carboxylic acid groups (broad SMARTS) is 2. The van der Waals surface area contributed by atoms with Crippen LogP contribution in [0.2, 0.25) is 0 Å². The van der Waals surface area contributed by atoms with Gasteiger partial charge in [0, 0.05) is 11.5 Å². The summed E-state index contributed by atoms with van der Waals surface area (Å²) in [4.78, 5) is 22.9. The average Bonchev–Trinajstić information content (AvgIpc) is 2.87. The molecule has 2 atom stereocenters. The van der Waals surface area contributed by atoms with Gasteiger partial charge in [-0.2, -0.15) is 11.8 Å². The summed E-state index contributed by atoms with van der Waals surface area (Å²) in [6.07, 6.45) is 29.6. The first kappa shape index (κ1) is 36.3. The third-order valence-corrected chi connectivity index (χ3v) is 8.84. The van der Waals surface area contributed by atoms with Crippen LogP contribution >= 0.6 is 11.8 Å². The van der Waals surface area contributed by atoms with Crippen LogP contribution in [0.3, 0.4) is 0 Å². The minimum atomic E-state index is -0.803. The Morgan fingerprint density at radius 2 is 0.919 bits per heavy atom. The molecule has 0 aliphatic carbocycles. The topological polar surface area (TPSA) is 74.6 Å². The Morgan fingerprint density at radius 3 is 1.24 bits per heavy atom. The van der Waals surface area contributed by atoms with Gasteiger partial charge in [-0.05, 0) is 18.8 Å². The minimum absolute atomic E-state index is 0.110. The molecule has 0 heterocycles. The molecule has 0 aromatic heterocycles. The van der Waals surface area contributed by atoms with E-state index < -0.39 is 11.9 Å². The van der Waals surface area contributed by atoms with Gasteiger partial charge < -0.3 is 10.2 Å². The molecule has 37 heavy (non-hydrogen) atoms. The summed E-state index contributed by atoms with van der Waals surface area (Å²) in [7, 11) is 0. The highest BCUT2D eigenvalue weighted by Crippen LogP contribution is 2.29. The number of carboxylic acids is 2. The van der Waals surface area contributed by atoms with Gasteiger partial charge >= 0.3 is 11.9 Å². The normalized spacial score (nSPS) is 13.0. The summed E-state index contributed by atoms with van der Waals surface area (Å²) in [6.45, 7) is 4.52. The summed E-state index contributed by atoms with van der Waals surface area (Å²) < 4.78 is 0. The van der Waals surface area contributed by atoms with Crippen LogP contribution in [0, 0.1) is 11.8 Å². The van der Waals surface area contributed by atoms with Crippen molar-refractivity contribution >= 4 is 23.7 Å². The summed E-state index contributed by atoms with van der Waals surface area (Å²) in [5, 5.41) is 18.9. The molecule has 0 aromatic rings. The first-order valence-corrected chi connectivity index (χ1v) is 17.2. The van der Waals surface area contributed by atoms with Crippen LogP contribution in [0.15, 0.2) is 0 Å². The lowest BCUT2D eigenvalue weighted by atomic mass is 9.84. The molecule has 0 aliphatic heterocycles. The van der Waals surface area contributed by atoms with Crippen LogP contribution in [0.1, 0.15) is 168 Å². The third kappa shape index (κ3) is 25.3. The number of rotatable bonds is 30. The molecule has 0 amide bonds. The Morgan fingerprint density at radius 1 is 0.568 bits per heavy atom. The van der Waals surface area contributed by atoms with E-state index in [4.69, 9.17) is 5.11 Å². The lowest BCUT2D eigenvalue weighted by Crippen LogP contribution is -2.26. The maximum atomic E-state index is 12.1. The molecule has 0 radical (unpaired) electrons. The van der Waals surface area contributed by atoms with Gasteiger partial charge in [0.05, 0.1) is 12.3 Å². The maximum Gasteiger partial charge on any atom is 0.307 e. The number of thioether (sulfide) groups is 1. The molecule has 0 bridgehead atoms. The number of hydrogen-bond acceptors (Lipinski definition) is 3. The van der Waals surface area contributed by atoms with E-state index >= 15 is 0 Å². The summed E-state index contributed by atoms with van der Waals surface area (Å²) in [5.74, 6) is -0.570. The molecular weight excluding hydrogens is 480 g/mol. The molecule has 220 valence electrons. The van der Waals surface area contributed by atoms with Crippen molar-refractivity contribution in [3.63, 3.8) is 0 Å². The highest BCUT2D eigenvalue weighted by molar-refractivity contribution is 7.99. The van der Waals surface area contributed by atoms with Crippen LogP contribution in [0.5, 0.6) is 0 Å². The van der Waals surface area contributed by atoms with E-state index in [9.17, 15) is 14.7 Å². The van der Waals surface area contributed by atoms with E-state index in [2.05, 4.69) is 13.8 Å². The second-order valence-corrected chi connectivity index (χ2v) is 12.4. The SMILES string of the molecule is CCCCCCCCCCCCCC(CCCCCCCCCCCC)C(CSCCC(=O)O)C(=O)O. The van der Waals surface area contributed by atoms with E-state index in [-0.39, 0.29) is 18.3 Å². The monoisotopic (exact) mass is 542 g/mol. The van der Waals surface area contributed by atoms with Gasteiger partial charge in [0.15, 0.2) is 0 Å². The van der Waals surface area contributed by atoms with Gasteiger partial charge in [0.1, 0.15) is 0 Å². The Labute approximate surface area is 234 Å². The second-order valence-electron chi connectivity index (χ2n) is 11.2. The molecule has 0 saturated carbocycles. The highest BCUT2D eigenvalue weighted by atomic mass is 32.2. The van der Waals surface area contributed by atoms with E-state index in [0.29, 0.717) is 11.5 Å². The van der Waals surface area contributed by atoms with Gasteiger partial charge in [-0.25, -0.2) is 0 Å². The highest BCUT2D eigenvalue weighted by Gasteiger charge is 2.27. The zero-order valence-electron chi connectivity index (χ0n) is 24.7. The molecule has 4 nitrogen and oxygen atoms in total. The first-order chi connectivity index (χ1) is 18.0. The molecule has 0 saturated heterocycles. The van der Waals surface area contributed by atoms with Crippen molar-refractivity contribution in [3.8, 4) is 0 Å². The second kappa shape index (κ2) is 28.3. The molecule has 0 aromatic carbocycles. The summed E-state index contributed by atoms with van der Waals surface area (Å²) >= 11 is 1.50. The molecule has 5 heteroatoms.